The summed E-state index contributed by atoms with van der Waals surface area (Å²) in [5.74, 6) is -0.940. The van der Waals surface area contributed by atoms with Crippen molar-refractivity contribution in [2.75, 3.05) is 0 Å². The smallest absolute Gasteiger partial charge is 0.339 e. The van der Waals surface area contributed by atoms with Gasteiger partial charge in [0.25, 0.3) is 0 Å². The summed E-state index contributed by atoms with van der Waals surface area (Å²) >= 11 is 0. The van der Waals surface area contributed by atoms with Crippen LogP contribution in [0.5, 0.6) is 0 Å². The topological polar surface area (TPSA) is 55.1 Å². The zero-order valence-electron chi connectivity index (χ0n) is 9.14. The molecule has 0 atom stereocenters. The molecule has 0 unspecified atom stereocenters. The third-order valence-electron chi connectivity index (χ3n) is 2.48. The molecule has 0 saturated heterocycles. The number of carboxylic acid groups (broad SMARTS) is 1. The Morgan fingerprint density at radius 2 is 1.94 bits per heavy atom. The minimum absolute atomic E-state index is 0.272. The van der Waals surface area contributed by atoms with E-state index in [9.17, 15) is 4.79 Å². The highest BCUT2D eigenvalue weighted by Gasteiger charge is 2.20. The van der Waals surface area contributed by atoms with E-state index in [0.717, 1.165) is 5.56 Å². The molecule has 2 rings (SSSR count). The molecule has 16 heavy (non-hydrogen) atoms. The molecule has 1 heterocycles. The number of hydrogen-bond donors (Lipinski definition) is 1. The molecule has 0 bridgehead atoms. The zero-order valence-corrected chi connectivity index (χ0v) is 9.14. The summed E-state index contributed by atoms with van der Waals surface area (Å²) in [4.78, 5) is 11.2. The molecule has 4 nitrogen and oxygen atoms in total. The van der Waals surface area contributed by atoms with E-state index in [-0.39, 0.29) is 5.56 Å². The van der Waals surface area contributed by atoms with Gasteiger partial charge in [-0.05, 0) is 6.92 Å². The average molecular weight is 216 g/mol. The van der Waals surface area contributed by atoms with Crippen molar-refractivity contribution in [2.45, 2.75) is 6.92 Å². The van der Waals surface area contributed by atoms with Crippen molar-refractivity contribution >= 4 is 5.97 Å². The van der Waals surface area contributed by atoms with Crippen molar-refractivity contribution in [1.29, 1.82) is 0 Å². The van der Waals surface area contributed by atoms with Gasteiger partial charge in [0.05, 0.1) is 11.4 Å². The van der Waals surface area contributed by atoms with Gasteiger partial charge in [0, 0.05) is 12.6 Å². The molecule has 82 valence electrons. The Morgan fingerprint density at radius 1 is 1.31 bits per heavy atom. The second-order valence-corrected chi connectivity index (χ2v) is 3.60. The zero-order chi connectivity index (χ0) is 11.7. The second-order valence-electron chi connectivity index (χ2n) is 3.60. The van der Waals surface area contributed by atoms with Gasteiger partial charge in [-0.2, -0.15) is 5.10 Å². The lowest BCUT2D eigenvalue weighted by Crippen LogP contribution is -2.01. The van der Waals surface area contributed by atoms with Crippen LogP contribution in [0.4, 0.5) is 0 Å². The van der Waals surface area contributed by atoms with Crippen molar-refractivity contribution in [1.82, 2.24) is 9.78 Å². The molecule has 0 aliphatic carbocycles. The molecular weight excluding hydrogens is 204 g/mol. The van der Waals surface area contributed by atoms with Gasteiger partial charge < -0.3 is 5.11 Å². The van der Waals surface area contributed by atoms with Gasteiger partial charge in [-0.15, -0.1) is 0 Å². The summed E-state index contributed by atoms with van der Waals surface area (Å²) in [6, 6.07) is 9.41. The largest absolute Gasteiger partial charge is 0.478 e. The van der Waals surface area contributed by atoms with Crippen molar-refractivity contribution in [3.8, 4) is 11.3 Å². The number of nitrogens with zero attached hydrogens (tertiary/aromatic N) is 2. The lowest BCUT2D eigenvalue weighted by molar-refractivity contribution is 0.0697. The monoisotopic (exact) mass is 216 g/mol. The van der Waals surface area contributed by atoms with E-state index in [4.69, 9.17) is 5.11 Å². The number of carbonyl (C=O) groups is 1. The Hall–Kier alpha value is -2.10. The Balaban J connectivity index is 2.69. The summed E-state index contributed by atoms with van der Waals surface area (Å²) in [6.45, 7) is 1.70. The van der Waals surface area contributed by atoms with Crippen LogP contribution in [0.15, 0.2) is 30.3 Å². The number of aryl methyl sites for hydroxylation is 2. The molecule has 2 aromatic rings. The molecule has 1 N–H and O–H groups in total. The summed E-state index contributed by atoms with van der Waals surface area (Å²) in [7, 11) is 1.75. The molecule has 0 aliphatic heterocycles. The van der Waals surface area contributed by atoms with Gasteiger partial charge in [-0.1, -0.05) is 30.3 Å². The average Bonchev–Trinajstić information content (AvgIpc) is 2.55. The van der Waals surface area contributed by atoms with Crippen LogP contribution in [0.3, 0.4) is 0 Å². The van der Waals surface area contributed by atoms with Crippen LogP contribution in [0.25, 0.3) is 11.3 Å². The summed E-state index contributed by atoms with van der Waals surface area (Å²) < 4.78 is 1.61. The van der Waals surface area contributed by atoms with Crippen molar-refractivity contribution in [3.05, 3.63) is 41.6 Å². The van der Waals surface area contributed by atoms with E-state index in [1.54, 1.807) is 18.7 Å². The summed E-state index contributed by atoms with van der Waals surface area (Å²) in [5, 5.41) is 13.3. The minimum atomic E-state index is -0.940. The Morgan fingerprint density at radius 3 is 2.50 bits per heavy atom. The van der Waals surface area contributed by atoms with E-state index >= 15 is 0 Å². The van der Waals surface area contributed by atoms with Crippen molar-refractivity contribution < 1.29 is 9.90 Å². The van der Waals surface area contributed by atoms with Gasteiger partial charge in [-0.25, -0.2) is 4.79 Å². The van der Waals surface area contributed by atoms with Crippen LogP contribution in [0.1, 0.15) is 16.1 Å². The lowest BCUT2D eigenvalue weighted by atomic mass is 10.1. The molecule has 4 heteroatoms. The predicted molar refractivity (Wildman–Crippen MR) is 60.3 cm³/mol. The fourth-order valence-electron chi connectivity index (χ4n) is 1.84. The molecule has 0 saturated carbocycles. The van der Waals surface area contributed by atoms with Crippen LogP contribution in [-0.4, -0.2) is 20.9 Å². The fraction of sp³-hybridized carbons (Fsp3) is 0.167. The first-order chi connectivity index (χ1) is 7.61. The molecule has 0 aliphatic rings. The van der Waals surface area contributed by atoms with E-state index in [2.05, 4.69) is 5.10 Å². The van der Waals surface area contributed by atoms with Crippen molar-refractivity contribution in [2.24, 2.45) is 7.05 Å². The Labute approximate surface area is 93.1 Å². The number of aromatic carboxylic acids is 1. The first kappa shape index (κ1) is 10.4. The van der Waals surface area contributed by atoms with E-state index in [0.29, 0.717) is 11.4 Å². The van der Waals surface area contributed by atoms with E-state index in [1.807, 2.05) is 30.3 Å². The van der Waals surface area contributed by atoms with Crippen LogP contribution in [-0.2, 0) is 7.05 Å². The number of benzene rings is 1. The van der Waals surface area contributed by atoms with Crippen LogP contribution < -0.4 is 0 Å². The van der Waals surface area contributed by atoms with Crippen LogP contribution >= 0.6 is 0 Å². The molecule has 0 spiro atoms. The predicted octanol–water partition coefficient (Wildman–Crippen LogP) is 2.09. The second kappa shape index (κ2) is 3.81. The van der Waals surface area contributed by atoms with Gasteiger partial charge >= 0.3 is 5.97 Å². The normalized spacial score (nSPS) is 10.4. The molecule has 0 fully saturated rings. The van der Waals surface area contributed by atoms with Gasteiger partial charge in [0.15, 0.2) is 0 Å². The number of carboxylic acids is 1. The first-order valence-corrected chi connectivity index (χ1v) is 4.93. The number of hydrogen-bond acceptors (Lipinski definition) is 2. The molecular formula is C12H12N2O2. The quantitative estimate of drug-likeness (QED) is 0.836. The van der Waals surface area contributed by atoms with Crippen molar-refractivity contribution in [3.63, 3.8) is 0 Å². The highest BCUT2D eigenvalue weighted by molar-refractivity contribution is 5.96. The first-order valence-electron chi connectivity index (χ1n) is 4.93. The molecule has 1 aromatic carbocycles. The van der Waals surface area contributed by atoms with E-state index in [1.165, 1.54) is 0 Å². The number of aromatic nitrogens is 2. The number of rotatable bonds is 2. The molecule has 0 radical (unpaired) electrons. The molecule has 1 aromatic heterocycles. The van der Waals surface area contributed by atoms with Gasteiger partial charge in [0.2, 0.25) is 0 Å². The third-order valence-corrected chi connectivity index (χ3v) is 2.48. The summed E-state index contributed by atoms with van der Waals surface area (Å²) in [6.07, 6.45) is 0. The maximum absolute atomic E-state index is 11.2. The standard InChI is InChI=1S/C12H12N2O2/c1-8-10(12(15)16)11(14(2)13-8)9-6-4-3-5-7-9/h3-7H,1-2H3,(H,15,16). The van der Waals surface area contributed by atoms with Gasteiger partial charge in [0.1, 0.15) is 5.56 Å². The van der Waals surface area contributed by atoms with E-state index < -0.39 is 5.97 Å². The maximum atomic E-state index is 11.2. The lowest BCUT2D eigenvalue weighted by Gasteiger charge is -2.03. The SMILES string of the molecule is Cc1nn(C)c(-c2ccccc2)c1C(=O)O. The third kappa shape index (κ3) is 1.58. The highest BCUT2D eigenvalue weighted by Crippen LogP contribution is 2.25. The fourth-order valence-corrected chi connectivity index (χ4v) is 1.84. The molecule has 0 amide bonds. The summed E-state index contributed by atoms with van der Waals surface area (Å²) in [5.41, 5.74) is 2.32. The minimum Gasteiger partial charge on any atom is -0.478 e. The van der Waals surface area contributed by atoms with Crippen LogP contribution in [0, 0.1) is 6.92 Å². The highest BCUT2D eigenvalue weighted by atomic mass is 16.4. The Kier molecular flexibility index (Phi) is 2.48. The van der Waals surface area contributed by atoms with Gasteiger partial charge in [-0.3, -0.25) is 4.68 Å². The van der Waals surface area contributed by atoms with Crippen LogP contribution in [0.2, 0.25) is 0 Å². The maximum Gasteiger partial charge on any atom is 0.339 e. The Bertz CT molecular complexity index is 529.